The molecule has 3 nitrogen and oxygen atoms in total. The Bertz CT molecular complexity index is 2710. The Morgan fingerprint density at radius 2 is 0.933 bits per heavy atom. The van der Waals surface area contributed by atoms with Gasteiger partial charge in [0.25, 0.3) is 0 Å². The van der Waals surface area contributed by atoms with Gasteiger partial charge in [-0.25, -0.2) is 0 Å². The minimum Gasteiger partial charge on any atom is -0.309 e. The van der Waals surface area contributed by atoms with Crippen molar-refractivity contribution in [1.29, 1.82) is 0 Å². The zero-order chi connectivity index (χ0) is 29.5. The van der Waals surface area contributed by atoms with E-state index in [1.807, 2.05) is 17.5 Å². The number of aromatic nitrogens is 3. The fourth-order valence-electron chi connectivity index (χ4n) is 7.13. The summed E-state index contributed by atoms with van der Waals surface area (Å²) in [6.07, 6.45) is 2.04. The average molecular weight is 592 g/mol. The third-order valence-corrected chi connectivity index (χ3v) is 10.3. The lowest BCUT2D eigenvalue weighted by atomic mass is 10.1. The first-order valence-electron chi connectivity index (χ1n) is 15.2. The van der Waals surface area contributed by atoms with E-state index in [-0.39, 0.29) is 0 Å². The lowest BCUT2D eigenvalue weighted by Gasteiger charge is -2.11. The minimum absolute atomic E-state index is 0.961. The molecule has 4 heterocycles. The summed E-state index contributed by atoms with van der Waals surface area (Å²) in [6.45, 7) is 0. The van der Waals surface area contributed by atoms with Crippen LogP contribution in [0.2, 0.25) is 0 Å². The Kier molecular flexibility index (Phi) is 5.16. The Hall–Kier alpha value is -5.71. The van der Waals surface area contributed by atoms with E-state index in [1.54, 1.807) is 0 Å². The predicted molar refractivity (Wildman–Crippen MR) is 191 cm³/mol. The predicted octanol–water partition coefficient (Wildman–Crippen LogP) is 11.3. The Morgan fingerprint density at radius 3 is 1.62 bits per heavy atom. The van der Waals surface area contributed by atoms with Crippen LogP contribution in [0.4, 0.5) is 0 Å². The lowest BCUT2D eigenvalue weighted by Crippen LogP contribution is -1.95. The topological polar surface area (TPSA) is 22.8 Å². The summed E-state index contributed by atoms with van der Waals surface area (Å²) >= 11 is 1.85. The molecule has 10 aromatic rings. The molecule has 4 aromatic heterocycles. The van der Waals surface area contributed by atoms with Gasteiger partial charge in [0.1, 0.15) is 0 Å². The van der Waals surface area contributed by atoms with Crippen molar-refractivity contribution >= 4 is 75.1 Å². The van der Waals surface area contributed by atoms with Crippen molar-refractivity contribution in [2.24, 2.45) is 0 Å². The highest BCUT2D eigenvalue weighted by Crippen LogP contribution is 2.39. The van der Waals surface area contributed by atoms with E-state index in [1.165, 1.54) is 52.9 Å². The SMILES string of the molecule is c1ccc2c(c1)sc1ccc(-n3c4ccccc4c4cnc(-c5ccc(-n6c7ccccc7c7ccccc76)cc5)cc43)cc12. The highest BCUT2D eigenvalue weighted by molar-refractivity contribution is 7.25. The van der Waals surface area contributed by atoms with E-state index < -0.39 is 0 Å². The first-order chi connectivity index (χ1) is 22.3. The molecule has 0 unspecified atom stereocenters. The van der Waals surface area contributed by atoms with Crippen LogP contribution in [0.5, 0.6) is 0 Å². The number of pyridine rings is 1. The van der Waals surface area contributed by atoms with Gasteiger partial charge in [0.2, 0.25) is 0 Å². The normalized spacial score (nSPS) is 12.0. The number of benzene rings is 6. The Morgan fingerprint density at radius 1 is 0.400 bits per heavy atom. The molecule has 0 bridgehead atoms. The van der Waals surface area contributed by atoms with Crippen LogP contribution in [0.25, 0.3) is 86.4 Å². The standard InChI is InChI=1S/C41H25N3S/c1-5-13-36-29(9-1)30-10-2-6-14-37(30)43(36)27-19-17-26(18-20-27)35-24-39-34(25-42-35)31-11-3-7-15-38(31)44(39)28-21-22-41-33(23-28)32-12-4-8-16-40(32)45-41/h1-25H. The molecule has 0 N–H and O–H groups in total. The molecule has 0 atom stereocenters. The van der Waals surface area contributed by atoms with Gasteiger partial charge in [-0.05, 0) is 60.7 Å². The van der Waals surface area contributed by atoms with Gasteiger partial charge in [0.15, 0.2) is 0 Å². The average Bonchev–Trinajstić information content (AvgIpc) is 3.75. The number of hydrogen-bond acceptors (Lipinski definition) is 2. The number of rotatable bonds is 3. The summed E-state index contributed by atoms with van der Waals surface area (Å²) < 4.78 is 7.38. The van der Waals surface area contributed by atoms with Crippen LogP contribution < -0.4 is 0 Å². The van der Waals surface area contributed by atoms with E-state index in [0.717, 1.165) is 33.5 Å². The lowest BCUT2D eigenvalue weighted by molar-refractivity contribution is 1.17. The van der Waals surface area contributed by atoms with Crippen LogP contribution in [-0.4, -0.2) is 14.1 Å². The van der Waals surface area contributed by atoms with Crippen LogP contribution in [0, 0.1) is 0 Å². The van der Waals surface area contributed by atoms with Gasteiger partial charge in [-0.3, -0.25) is 4.98 Å². The molecule has 0 radical (unpaired) electrons. The largest absolute Gasteiger partial charge is 0.309 e. The van der Waals surface area contributed by atoms with Crippen LogP contribution in [-0.2, 0) is 0 Å². The summed E-state index contributed by atoms with van der Waals surface area (Å²) in [5, 5.41) is 7.52. The third-order valence-electron chi connectivity index (χ3n) is 9.18. The van der Waals surface area contributed by atoms with E-state index >= 15 is 0 Å². The zero-order valence-electron chi connectivity index (χ0n) is 24.2. The molecule has 0 saturated carbocycles. The Labute approximate surface area is 262 Å². The highest BCUT2D eigenvalue weighted by atomic mass is 32.1. The van der Waals surface area contributed by atoms with Crippen molar-refractivity contribution in [2.45, 2.75) is 0 Å². The van der Waals surface area contributed by atoms with Crippen molar-refractivity contribution in [2.75, 3.05) is 0 Å². The summed E-state index contributed by atoms with van der Waals surface area (Å²) in [5.41, 5.74) is 9.13. The van der Waals surface area contributed by atoms with Gasteiger partial charge in [-0.1, -0.05) is 84.9 Å². The summed E-state index contributed by atoms with van der Waals surface area (Å²) in [5.74, 6) is 0. The van der Waals surface area contributed by atoms with E-state index in [4.69, 9.17) is 4.98 Å². The number of para-hydroxylation sites is 3. The van der Waals surface area contributed by atoms with E-state index in [9.17, 15) is 0 Å². The fraction of sp³-hybridized carbons (Fsp3) is 0. The van der Waals surface area contributed by atoms with Crippen molar-refractivity contribution in [3.63, 3.8) is 0 Å². The van der Waals surface area contributed by atoms with Gasteiger partial charge in [-0.15, -0.1) is 11.3 Å². The molecule has 210 valence electrons. The molecule has 0 aliphatic heterocycles. The van der Waals surface area contributed by atoms with Gasteiger partial charge in [0.05, 0.1) is 27.8 Å². The molecule has 4 heteroatoms. The molecule has 0 saturated heterocycles. The summed E-state index contributed by atoms with van der Waals surface area (Å²) in [6, 6.07) is 52.6. The third kappa shape index (κ3) is 3.60. The van der Waals surface area contributed by atoms with Gasteiger partial charge < -0.3 is 9.13 Å². The number of thiophene rings is 1. The van der Waals surface area contributed by atoms with Crippen molar-refractivity contribution in [3.8, 4) is 22.6 Å². The Balaban J connectivity index is 1.14. The highest BCUT2D eigenvalue weighted by Gasteiger charge is 2.16. The molecule has 6 aromatic carbocycles. The fourth-order valence-corrected chi connectivity index (χ4v) is 8.22. The molecule has 45 heavy (non-hydrogen) atoms. The molecule has 0 spiro atoms. The second-order valence-electron chi connectivity index (χ2n) is 11.6. The van der Waals surface area contributed by atoms with Crippen molar-refractivity contribution in [3.05, 3.63) is 152 Å². The molecule has 0 aliphatic rings. The van der Waals surface area contributed by atoms with Crippen LogP contribution in [0.15, 0.2) is 152 Å². The monoisotopic (exact) mass is 591 g/mol. The van der Waals surface area contributed by atoms with Gasteiger partial charge in [0, 0.05) is 64.9 Å². The maximum atomic E-state index is 4.99. The first kappa shape index (κ1) is 24.7. The second-order valence-corrected chi connectivity index (χ2v) is 12.7. The maximum Gasteiger partial charge on any atom is 0.0723 e. The van der Waals surface area contributed by atoms with Crippen LogP contribution >= 0.6 is 11.3 Å². The molecular formula is C41H25N3S. The van der Waals surface area contributed by atoms with E-state index in [0.29, 0.717) is 0 Å². The molecular weight excluding hydrogens is 567 g/mol. The van der Waals surface area contributed by atoms with Crippen molar-refractivity contribution < 1.29 is 0 Å². The van der Waals surface area contributed by atoms with Crippen LogP contribution in [0.1, 0.15) is 0 Å². The van der Waals surface area contributed by atoms with Crippen molar-refractivity contribution in [1.82, 2.24) is 14.1 Å². The minimum atomic E-state index is 0.961. The zero-order valence-corrected chi connectivity index (χ0v) is 25.0. The van der Waals surface area contributed by atoms with Gasteiger partial charge in [-0.2, -0.15) is 0 Å². The van der Waals surface area contributed by atoms with Crippen LogP contribution in [0.3, 0.4) is 0 Å². The molecule has 0 amide bonds. The molecule has 0 fully saturated rings. The second kappa shape index (κ2) is 9.39. The van der Waals surface area contributed by atoms with E-state index in [2.05, 4.69) is 155 Å². The number of hydrogen-bond donors (Lipinski definition) is 0. The van der Waals surface area contributed by atoms with Gasteiger partial charge >= 0.3 is 0 Å². The quantitative estimate of drug-likeness (QED) is 0.200. The number of nitrogens with zero attached hydrogens (tertiary/aromatic N) is 3. The number of fused-ring (bicyclic) bond motifs is 9. The molecule has 0 aliphatic carbocycles. The smallest absolute Gasteiger partial charge is 0.0723 e. The maximum absolute atomic E-state index is 4.99. The first-order valence-corrected chi connectivity index (χ1v) is 16.0. The summed E-state index contributed by atoms with van der Waals surface area (Å²) in [4.78, 5) is 4.99. The molecule has 10 rings (SSSR count). The summed E-state index contributed by atoms with van der Waals surface area (Å²) in [7, 11) is 0.